The predicted molar refractivity (Wildman–Crippen MR) is 60.6 cm³/mol. The molecule has 0 spiro atoms. The van der Waals surface area contributed by atoms with E-state index in [2.05, 4.69) is 5.32 Å². The Hall–Kier alpha value is -0.170. The van der Waals surface area contributed by atoms with Crippen LogP contribution < -0.4 is 10.5 Å². The first kappa shape index (κ1) is 12.9. The van der Waals surface area contributed by atoms with E-state index >= 15 is 0 Å². The van der Waals surface area contributed by atoms with Crippen LogP contribution in [0.25, 0.3) is 0 Å². The minimum absolute atomic E-state index is 0.0906. The molecule has 3 N–H and O–H groups in total. The van der Waals surface area contributed by atoms with Crippen LogP contribution in [-0.2, 0) is 10.2 Å². The van der Waals surface area contributed by atoms with Gasteiger partial charge in [-0.15, -0.1) is 0 Å². The Morgan fingerprint density at radius 3 is 2.47 bits per heavy atom. The molecule has 90 valence electrons. The van der Waals surface area contributed by atoms with E-state index in [9.17, 15) is 8.42 Å². The van der Waals surface area contributed by atoms with Gasteiger partial charge in [-0.1, -0.05) is 13.3 Å². The van der Waals surface area contributed by atoms with Gasteiger partial charge in [-0.25, -0.2) is 5.14 Å². The molecule has 0 unspecified atom stereocenters. The Bertz CT molecular complexity index is 273. The lowest BCUT2D eigenvalue weighted by molar-refractivity contribution is 0.259. The normalized spacial score (nSPS) is 19.7. The lowest BCUT2D eigenvalue weighted by atomic mass is 10.1. The molecule has 1 heterocycles. The molecule has 0 saturated carbocycles. The maximum Gasteiger partial charge on any atom is 0.277 e. The number of nitrogens with one attached hydrogen (secondary N) is 1. The molecule has 0 aliphatic carbocycles. The van der Waals surface area contributed by atoms with Gasteiger partial charge in [0.2, 0.25) is 0 Å². The van der Waals surface area contributed by atoms with Crippen molar-refractivity contribution in [3.63, 3.8) is 0 Å². The highest BCUT2D eigenvalue weighted by Gasteiger charge is 2.27. The Morgan fingerprint density at radius 2 is 2.00 bits per heavy atom. The van der Waals surface area contributed by atoms with Gasteiger partial charge in [0.15, 0.2) is 0 Å². The second kappa shape index (κ2) is 5.79. The van der Waals surface area contributed by atoms with Crippen molar-refractivity contribution in [2.24, 2.45) is 5.14 Å². The standard InChI is InChI=1S/C9H21N3O2S/c1-2-3-8-12(15(10,13)14)9-4-6-11-7-5-9/h9,11H,2-8H2,1H3,(H2,10,13,14). The lowest BCUT2D eigenvalue weighted by Crippen LogP contribution is -2.48. The molecule has 0 aromatic rings. The molecule has 0 atom stereocenters. The molecule has 0 aromatic heterocycles. The maximum atomic E-state index is 11.4. The van der Waals surface area contributed by atoms with E-state index in [4.69, 9.17) is 5.14 Å². The first-order valence-corrected chi connectivity index (χ1v) is 7.06. The molecule has 5 nitrogen and oxygen atoms in total. The van der Waals surface area contributed by atoms with Crippen molar-refractivity contribution in [2.45, 2.75) is 38.6 Å². The van der Waals surface area contributed by atoms with Gasteiger partial charge < -0.3 is 5.32 Å². The fraction of sp³-hybridized carbons (Fsp3) is 1.00. The largest absolute Gasteiger partial charge is 0.317 e. The monoisotopic (exact) mass is 235 g/mol. The van der Waals surface area contributed by atoms with Crippen LogP contribution in [0.2, 0.25) is 0 Å². The zero-order chi connectivity index (χ0) is 11.3. The van der Waals surface area contributed by atoms with E-state index in [0.29, 0.717) is 6.54 Å². The minimum atomic E-state index is -3.53. The molecular formula is C9H21N3O2S. The molecule has 0 radical (unpaired) electrons. The molecule has 6 heteroatoms. The third-order valence-electron chi connectivity index (χ3n) is 2.77. The van der Waals surface area contributed by atoms with Crippen LogP contribution in [-0.4, -0.2) is 38.4 Å². The van der Waals surface area contributed by atoms with Gasteiger partial charge in [-0.3, -0.25) is 0 Å². The highest BCUT2D eigenvalue weighted by atomic mass is 32.2. The van der Waals surface area contributed by atoms with Gasteiger partial charge in [-0.05, 0) is 32.4 Å². The number of hydrogen-bond acceptors (Lipinski definition) is 3. The van der Waals surface area contributed by atoms with Crippen LogP contribution in [0.1, 0.15) is 32.6 Å². The Kier molecular flexibility index (Phi) is 4.98. The van der Waals surface area contributed by atoms with Crippen molar-refractivity contribution in [2.75, 3.05) is 19.6 Å². The van der Waals surface area contributed by atoms with Gasteiger partial charge in [0.05, 0.1) is 0 Å². The molecule has 15 heavy (non-hydrogen) atoms. The number of nitrogens with two attached hydrogens (primary N) is 1. The first-order valence-electron chi connectivity index (χ1n) is 5.56. The Morgan fingerprint density at radius 1 is 1.40 bits per heavy atom. The van der Waals surface area contributed by atoms with Gasteiger partial charge in [0, 0.05) is 12.6 Å². The van der Waals surface area contributed by atoms with Crippen LogP contribution in [0.3, 0.4) is 0 Å². The SMILES string of the molecule is CCCCN(C1CCNCC1)S(N)(=O)=O. The number of unbranched alkanes of at least 4 members (excludes halogenated alkanes) is 1. The molecule has 0 aromatic carbocycles. The van der Waals surface area contributed by atoms with E-state index in [1.807, 2.05) is 6.92 Å². The Labute approximate surface area is 92.2 Å². The number of rotatable bonds is 5. The summed E-state index contributed by atoms with van der Waals surface area (Å²) in [7, 11) is -3.53. The van der Waals surface area contributed by atoms with Gasteiger partial charge in [0.1, 0.15) is 0 Å². The van der Waals surface area contributed by atoms with Crippen molar-refractivity contribution >= 4 is 10.2 Å². The van der Waals surface area contributed by atoms with E-state index in [-0.39, 0.29) is 6.04 Å². The summed E-state index contributed by atoms with van der Waals surface area (Å²) in [5, 5.41) is 8.44. The van der Waals surface area contributed by atoms with Crippen molar-refractivity contribution in [1.82, 2.24) is 9.62 Å². The highest BCUT2D eigenvalue weighted by Crippen LogP contribution is 2.14. The van der Waals surface area contributed by atoms with Crippen LogP contribution in [0.15, 0.2) is 0 Å². The third-order valence-corrected chi connectivity index (χ3v) is 3.91. The van der Waals surface area contributed by atoms with Crippen LogP contribution in [0.5, 0.6) is 0 Å². The minimum Gasteiger partial charge on any atom is -0.317 e. The molecule has 1 rings (SSSR count). The van der Waals surface area contributed by atoms with E-state index < -0.39 is 10.2 Å². The molecule has 1 aliphatic rings. The zero-order valence-corrected chi connectivity index (χ0v) is 10.1. The van der Waals surface area contributed by atoms with Gasteiger partial charge in [0.25, 0.3) is 10.2 Å². The van der Waals surface area contributed by atoms with Crippen LogP contribution >= 0.6 is 0 Å². The van der Waals surface area contributed by atoms with Crippen molar-refractivity contribution in [3.05, 3.63) is 0 Å². The molecule has 0 amide bonds. The average Bonchev–Trinajstić information content (AvgIpc) is 2.18. The van der Waals surface area contributed by atoms with E-state index in [0.717, 1.165) is 38.8 Å². The summed E-state index contributed by atoms with van der Waals surface area (Å²) in [4.78, 5) is 0. The smallest absolute Gasteiger partial charge is 0.277 e. The summed E-state index contributed by atoms with van der Waals surface area (Å²) in [6.07, 6.45) is 3.58. The third kappa shape index (κ3) is 4.06. The molecule has 1 fully saturated rings. The van der Waals surface area contributed by atoms with Crippen LogP contribution in [0.4, 0.5) is 0 Å². The van der Waals surface area contributed by atoms with Crippen molar-refractivity contribution in [1.29, 1.82) is 0 Å². The van der Waals surface area contributed by atoms with E-state index in [1.54, 1.807) is 0 Å². The molecule has 0 bridgehead atoms. The van der Waals surface area contributed by atoms with E-state index in [1.165, 1.54) is 4.31 Å². The summed E-state index contributed by atoms with van der Waals surface area (Å²) in [5.41, 5.74) is 0. The van der Waals surface area contributed by atoms with Gasteiger partial charge in [-0.2, -0.15) is 12.7 Å². The Balaban J connectivity index is 2.62. The summed E-state index contributed by atoms with van der Waals surface area (Å²) >= 11 is 0. The molecule has 1 saturated heterocycles. The van der Waals surface area contributed by atoms with Crippen LogP contribution in [0, 0.1) is 0 Å². The first-order chi connectivity index (χ1) is 7.05. The second-order valence-electron chi connectivity index (χ2n) is 3.99. The molecular weight excluding hydrogens is 214 g/mol. The number of nitrogens with zero attached hydrogens (tertiary/aromatic N) is 1. The highest BCUT2D eigenvalue weighted by molar-refractivity contribution is 7.86. The van der Waals surface area contributed by atoms with Gasteiger partial charge >= 0.3 is 0 Å². The molecule has 1 aliphatic heterocycles. The fourth-order valence-electron chi connectivity index (χ4n) is 1.93. The zero-order valence-electron chi connectivity index (χ0n) is 9.28. The number of hydrogen-bond donors (Lipinski definition) is 2. The number of piperidine rings is 1. The average molecular weight is 235 g/mol. The summed E-state index contributed by atoms with van der Waals surface area (Å²) in [6.45, 7) is 4.36. The summed E-state index contributed by atoms with van der Waals surface area (Å²) in [6, 6.07) is 0.0906. The fourth-order valence-corrected chi connectivity index (χ4v) is 2.94. The quantitative estimate of drug-likeness (QED) is 0.706. The summed E-state index contributed by atoms with van der Waals surface area (Å²) in [5.74, 6) is 0. The predicted octanol–water partition coefficient (Wildman–Crippen LogP) is 0.0440. The maximum absolute atomic E-state index is 11.4. The second-order valence-corrected chi connectivity index (χ2v) is 5.49. The van der Waals surface area contributed by atoms with Crippen molar-refractivity contribution < 1.29 is 8.42 Å². The lowest BCUT2D eigenvalue weighted by Gasteiger charge is -2.32. The summed E-state index contributed by atoms with van der Waals surface area (Å²) < 4.78 is 24.3. The van der Waals surface area contributed by atoms with Crippen molar-refractivity contribution in [3.8, 4) is 0 Å². The topological polar surface area (TPSA) is 75.4 Å².